The van der Waals surface area contributed by atoms with E-state index in [1.807, 2.05) is 6.92 Å². The number of carbonyl (C=O) groups is 2. The highest BCUT2D eigenvalue weighted by Gasteiger charge is 2.43. The summed E-state index contributed by atoms with van der Waals surface area (Å²) in [6.45, 7) is 6.65. The zero-order valence-corrected chi connectivity index (χ0v) is 13.5. The number of furan rings is 1. The lowest BCUT2D eigenvalue weighted by Crippen LogP contribution is -2.52. The summed E-state index contributed by atoms with van der Waals surface area (Å²) in [5.41, 5.74) is 5.07. The number of rotatable bonds is 6. The first-order valence-electron chi connectivity index (χ1n) is 7.74. The molecule has 0 spiro atoms. The van der Waals surface area contributed by atoms with E-state index in [1.165, 1.54) is 0 Å². The molecular weight excluding hydrogens is 284 g/mol. The van der Waals surface area contributed by atoms with Crippen LogP contribution in [0.1, 0.15) is 54.5 Å². The van der Waals surface area contributed by atoms with Crippen LogP contribution in [0.15, 0.2) is 10.5 Å². The summed E-state index contributed by atoms with van der Waals surface area (Å²) in [5, 5.41) is 0. The van der Waals surface area contributed by atoms with Crippen LogP contribution in [0.5, 0.6) is 0 Å². The molecule has 2 N–H and O–H groups in total. The molecule has 1 fully saturated rings. The second-order valence-electron chi connectivity index (χ2n) is 5.82. The summed E-state index contributed by atoms with van der Waals surface area (Å²) in [6.07, 6.45) is 3.40. The Morgan fingerprint density at radius 2 is 2.05 bits per heavy atom. The van der Waals surface area contributed by atoms with Crippen molar-refractivity contribution < 1.29 is 18.7 Å². The molecule has 6 heteroatoms. The topological polar surface area (TPSA) is 80.6 Å². The highest BCUT2D eigenvalue weighted by molar-refractivity contribution is 5.96. The predicted molar refractivity (Wildman–Crippen MR) is 81.2 cm³/mol. The molecule has 1 aliphatic carbocycles. The number of hydrazine groups is 1. The largest absolute Gasteiger partial charge is 0.466 e. The van der Waals surface area contributed by atoms with Gasteiger partial charge in [0.25, 0.3) is 5.91 Å². The van der Waals surface area contributed by atoms with Crippen LogP contribution in [-0.4, -0.2) is 25.0 Å². The molecule has 1 heterocycles. The van der Waals surface area contributed by atoms with Gasteiger partial charge in [0.05, 0.1) is 11.0 Å². The Kier molecular flexibility index (Phi) is 5.24. The molecule has 2 amide bonds. The van der Waals surface area contributed by atoms with Crippen molar-refractivity contribution in [1.29, 1.82) is 0 Å². The number of nitrogens with one attached hydrogen (secondary N) is 2. The molecule has 22 heavy (non-hydrogen) atoms. The van der Waals surface area contributed by atoms with Crippen LogP contribution in [-0.2, 0) is 9.53 Å². The van der Waals surface area contributed by atoms with Crippen molar-refractivity contribution in [2.75, 3.05) is 13.2 Å². The Morgan fingerprint density at radius 3 is 2.55 bits per heavy atom. The van der Waals surface area contributed by atoms with E-state index in [-0.39, 0.29) is 11.8 Å². The fraction of sp³-hybridized carbons (Fsp3) is 0.625. The van der Waals surface area contributed by atoms with Crippen LogP contribution >= 0.6 is 0 Å². The molecule has 1 aliphatic rings. The molecule has 6 nitrogen and oxygen atoms in total. The van der Waals surface area contributed by atoms with Crippen molar-refractivity contribution in [1.82, 2.24) is 10.9 Å². The Labute approximate surface area is 130 Å². The van der Waals surface area contributed by atoms with Crippen molar-refractivity contribution in [3.63, 3.8) is 0 Å². The monoisotopic (exact) mass is 308 g/mol. The molecule has 0 atom stereocenters. The van der Waals surface area contributed by atoms with Crippen molar-refractivity contribution in [3.8, 4) is 0 Å². The normalized spacial score (nSPS) is 16.0. The smallest absolute Gasteiger partial charge is 0.273 e. The lowest BCUT2D eigenvalue weighted by atomic mass is 9.66. The van der Waals surface area contributed by atoms with E-state index in [2.05, 4.69) is 10.9 Å². The zero-order valence-electron chi connectivity index (χ0n) is 13.5. The lowest BCUT2D eigenvalue weighted by molar-refractivity contribution is -0.138. The first-order chi connectivity index (χ1) is 10.5. The van der Waals surface area contributed by atoms with E-state index in [1.54, 1.807) is 19.9 Å². The van der Waals surface area contributed by atoms with E-state index in [0.29, 0.717) is 36.7 Å². The molecule has 1 aromatic rings. The van der Waals surface area contributed by atoms with Crippen LogP contribution in [0.3, 0.4) is 0 Å². The van der Waals surface area contributed by atoms with E-state index >= 15 is 0 Å². The second kappa shape index (κ2) is 6.96. The van der Waals surface area contributed by atoms with Crippen LogP contribution in [0.25, 0.3) is 0 Å². The summed E-state index contributed by atoms with van der Waals surface area (Å²) >= 11 is 0. The van der Waals surface area contributed by atoms with Crippen molar-refractivity contribution in [2.45, 2.75) is 46.5 Å². The zero-order chi connectivity index (χ0) is 16.2. The van der Waals surface area contributed by atoms with Gasteiger partial charge >= 0.3 is 0 Å². The van der Waals surface area contributed by atoms with Crippen molar-refractivity contribution >= 4 is 11.8 Å². The third kappa shape index (κ3) is 3.50. The number of hydrogen-bond donors (Lipinski definition) is 2. The summed E-state index contributed by atoms with van der Waals surface area (Å²) < 4.78 is 10.7. The van der Waals surface area contributed by atoms with Crippen molar-refractivity contribution in [2.24, 2.45) is 5.41 Å². The van der Waals surface area contributed by atoms with Gasteiger partial charge in [0.2, 0.25) is 5.91 Å². The van der Waals surface area contributed by atoms with Gasteiger partial charge in [0, 0.05) is 13.2 Å². The molecule has 0 aliphatic heterocycles. The molecule has 0 bridgehead atoms. The average molecular weight is 308 g/mol. The van der Waals surface area contributed by atoms with Crippen LogP contribution < -0.4 is 10.9 Å². The maximum atomic E-state index is 12.4. The van der Waals surface area contributed by atoms with Crippen LogP contribution in [0.4, 0.5) is 0 Å². The highest BCUT2D eigenvalue weighted by atomic mass is 16.5. The Hall–Kier alpha value is -1.82. The van der Waals surface area contributed by atoms with Gasteiger partial charge in [-0.3, -0.25) is 20.4 Å². The second-order valence-corrected chi connectivity index (χ2v) is 5.82. The number of ether oxygens (including phenoxy) is 1. The quantitative estimate of drug-likeness (QED) is 0.624. The van der Waals surface area contributed by atoms with E-state index < -0.39 is 5.41 Å². The summed E-state index contributed by atoms with van der Waals surface area (Å²) in [6, 6.07) is 1.66. The van der Waals surface area contributed by atoms with Crippen LogP contribution in [0, 0.1) is 19.3 Å². The Bertz CT molecular complexity index is 546. The standard InChI is InChI=1S/C16H24N2O4/c1-4-21-9-8-16(6-5-7-16)15(20)18-17-14(19)13-10-11(2)22-12(13)3/h10H,4-9H2,1-3H3,(H,17,19)(H,18,20). The number of hydrogen-bond acceptors (Lipinski definition) is 4. The highest BCUT2D eigenvalue weighted by Crippen LogP contribution is 2.44. The fourth-order valence-electron chi connectivity index (χ4n) is 2.78. The SMILES string of the molecule is CCOCCC1(C(=O)NNC(=O)c2cc(C)oc2C)CCC1. The van der Waals surface area contributed by atoms with Gasteiger partial charge in [-0.25, -0.2) is 0 Å². The Balaban J connectivity index is 1.88. The van der Waals surface area contributed by atoms with E-state index in [0.717, 1.165) is 19.3 Å². The number of amides is 2. The molecule has 0 aromatic carbocycles. The maximum absolute atomic E-state index is 12.4. The minimum atomic E-state index is -0.399. The summed E-state index contributed by atoms with van der Waals surface area (Å²) in [4.78, 5) is 24.4. The molecule has 0 unspecified atom stereocenters. The minimum absolute atomic E-state index is 0.135. The molecule has 122 valence electrons. The van der Waals surface area contributed by atoms with Gasteiger partial charge in [0.15, 0.2) is 0 Å². The Morgan fingerprint density at radius 1 is 1.32 bits per heavy atom. The van der Waals surface area contributed by atoms with Gasteiger partial charge in [-0.2, -0.15) is 0 Å². The summed E-state index contributed by atoms with van der Waals surface area (Å²) in [7, 11) is 0. The molecule has 0 radical (unpaired) electrons. The molecule has 1 aromatic heterocycles. The van der Waals surface area contributed by atoms with Gasteiger partial charge in [-0.05, 0) is 46.1 Å². The van der Waals surface area contributed by atoms with Gasteiger partial charge in [-0.15, -0.1) is 0 Å². The van der Waals surface area contributed by atoms with Crippen molar-refractivity contribution in [3.05, 3.63) is 23.2 Å². The molecule has 1 saturated carbocycles. The van der Waals surface area contributed by atoms with E-state index in [9.17, 15) is 9.59 Å². The van der Waals surface area contributed by atoms with E-state index in [4.69, 9.17) is 9.15 Å². The van der Waals surface area contributed by atoms with Gasteiger partial charge in [-0.1, -0.05) is 6.42 Å². The lowest BCUT2D eigenvalue weighted by Gasteiger charge is -2.40. The van der Waals surface area contributed by atoms with Gasteiger partial charge < -0.3 is 9.15 Å². The van der Waals surface area contributed by atoms with Crippen LogP contribution in [0.2, 0.25) is 0 Å². The number of carbonyl (C=O) groups excluding carboxylic acids is 2. The first-order valence-corrected chi connectivity index (χ1v) is 7.74. The summed E-state index contributed by atoms with van der Waals surface area (Å²) in [5.74, 6) is 0.715. The maximum Gasteiger partial charge on any atom is 0.273 e. The van der Waals surface area contributed by atoms with Gasteiger partial charge in [0.1, 0.15) is 11.5 Å². The minimum Gasteiger partial charge on any atom is -0.466 e. The predicted octanol–water partition coefficient (Wildman–Crippen LogP) is 2.25. The first kappa shape index (κ1) is 16.5. The molecule has 0 saturated heterocycles. The fourth-order valence-corrected chi connectivity index (χ4v) is 2.78. The molecular formula is C16H24N2O4. The number of aryl methyl sites for hydroxylation is 2. The average Bonchev–Trinajstić information content (AvgIpc) is 2.78. The third-order valence-corrected chi connectivity index (χ3v) is 4.30. The third-order valence-electron chi connectivity index (χ3n) is 4.30. The molecule has 2 rings (SSSR count).